The van der Waals surface area contributed by atoms with Crippen molar-refractivity contribution in [3.05, 3.63) is 70.1 Å². The summed E-state index contributed by atoms with van der Waals surface area (Å²) in [6, 6.07) is 14.7. The maximum absolute atomic E-state index is 12.4. The van der Waals surface area contributed by atoms with Crippen LogP contribution in [0.25, 0.3) is 10.8 Å². The van der Waals surface area contributed by atoms with E-state index in [2.05, 4.69) is 15.5 Å². The number of H-pyrrole nitrogens is 1. The molecule has 5 nitrogen and oxygen atoms in total. The molecule has 1 heterocycles. The van der Waals surface area contributed by atoms with Crippen molar-refractivity contribution in [2.24, 2.45) is 0 Å². The molecule has 2 aromatic carbocycles. The van der Waals surface area contributed by atoms with E-state index < -0.39 is 0 Å². The van der Waals surface area contributed by atoms with E-state index in [1.54, 1.807) is 18.2 Å². The van der Waals surface area contributed by atoms with Gasteiger partial charge in [-0.2, -0.15) is 5.10 Å². The fraction of sp³-hybridized carbons (Fsp3) is 0.118. The monoisotopic (exact) mass is 325 g/mol. The van der Waals surface area contributed by atoms with E-state index in [0.29, 0.717) is 16.6 Å². The van der Waals surface area contributed by atoms with E-state index in [9.17, 15) is 9.59 Å². The van der Waals surface area contributed by atoms with E-state index in [1.165, 1.54) is 11.8 Å². The summed E-state index contributed by atoms with van der Waals surface area (Å²) in [4.78, 5) is 25.1. The highest BCUT2D eigenvalue weighted by Gasteiger charge is 2.12. The Morgan fingerprint density at radius 3 is 2.61 bits per heavy atom. The number of aromatic amines is 1. The molecule has 0 unspecified atom stereocenters. The van der Waals surface area contributed by atoms with Crippen LogP contribution in [0.5, 0.6) is 0 Å². The number of fused-ring (bicyclic) bond motifs is 1. The lowest BCUT2D eigenvalue weighted by molar-refractivity contribution is 0.0947. The number of carbonyl (C=O) groups excluding carboxylic acids is 1. The number of rotatable bonds is 4. The predicted octanol–water partition coefficient (Wildman–Crippen LogP) is 2.58. The minimum absolute atomic E-state index is 0.160. The number of amides is 1. The molecule has 1 amide bonds. The summed E-state index contributed by atoms with van der Waals surface area (Å²) in [5.41, 5.74) is 1.03. The number of hydrogen-bond donors (Lipinski definition) is 2. The van der Waals surface area contributed by atoms with Gasteiger partial charge in [-0.25, -0.2) is 5.10 Å². The zero-order chi connectivity index (χ0) is 16.2. The standard InChI is InChI=1S/C17H15N3O2S/c1-23-15-9-5-4-8-13(15)16(21)18-10-14-11-6-2-3-7-12(11)17(22)20-19-14/h2-9H,10H2,1H3,(H,18,21)(H,20,22). The van der Waals surface area contributed by atoms with Gasteiger partial charge in [0.1, 0.15) is 0 Å². The van der Waals surface area contributed by atoms with Gasteiger partial charge in [0.25, 0.3) is 11.5 Å². The first-order valence-electron chi connectivity index (χ1n) is 7.08. The molecular weight excluding hydrogens is 310 g/mol. The number of nitrogens with zero attached hydrogens (tertiary/aromatic N) is 1. The van der Waals surface area contributed by atoms with Crippen LogP contribution in [0.3, 0.4) is 0 Å². The summed E-state index contributed by atoms with van der Waals surface area (Å²) >= 11 is 1.53. The van der Waals surface area contributed by atoms with Crippen LogP contribution < -0.4 is 10.9 Å². The van der Waals surface area contributed by atoms with Crippen LogP contribution in [-0.2, 0) is 6.54 Å². The van der Waals surface area contributed by atoms with Gasteiger partial charge in [0.2, 0.25) is 0 Å². The largest absolute Gasteiger partial charge is 0.346 e. The van der Waals surface area contributed by atoms with Gasteiger partial charge in [0, 0.05) is 10.3 Å². The van der Waals surface area contributed by atoms with Gasteiger partial charge in [0.15, 0.2) is 0 Å². The predicted molar refractivity (Wildman–Crippen MR) is 91.8 cm³/mol. The molecule has 1 aromatic heterocycles. The highest BCUT2D eigenvalue weighted by Crippen LogP contribution is 2.20. The first kappa shape index (κ1) is 15.3. The minimum Gasteiger partial charge on any atom is -0.346 e. The molecule has 0 saturated carbocycles. The van der Waals surface area contributed by atoms with Crippen LogP contribution in [0.15, 0.2) is 58.2 Å². The lowest BCUT2D eigenvalue weighted by Crippen LogP contribution is -2.25. The van der Waals surface area contributed by atoms with E-state index in [4.69, 9.17) is 0 Å². The highest BCUT2D eigenvalue weighted by molar-refractivity contribution is 7.98. The van der Waals surface area contributed by atoms with Gasteiger partial charge in [-0.1, -0.05) is 30.3 Å². The Morgan fingerprint density at radius 1 is 1.13 bits per heavy atom. The van der Waals surface area contributed by atoms with Crippen molar-refractivity contribution in [3.8, 4) is 0 Å². The van der Waals surface area contributed by atoms with Crippen molar-refractivity contribution < 1.29 is 4.79 Å². The second-order valence-corrected chi connectivity index (χ2v) is 5.78. The first-order chi connectivity index (χ1) is 11.2. The molecule has 0 aliphatic carbocycles. The topological polar surface area (TPSA) is 74.8 Å². The van der Waals surface area contributed by atoms with Crippen molar-refractivity contribution in [3.63, 3.8) is 0 Å². The molecular formula is C17H15N3O2S. The number of thioether (sulfide) groups is 1. The van der Waals surface area contributed by atoms with Gasteiger partial charge in [-0.15, -0.1) is 11.8 Å². The minimum atomic E-state index is -0.233. The average molecular weight is 325 g/mol. The Bertz CT molecular complexity index is 921. The maximum Gasteiger partial charge on any atom is 0.272 e. The highest BCUT2D eigenvalue weighted by atomic mass is 32.2. The van der Waals surface area contributed by atoms with Crippen molar-refractivity contribution in [2.45, 2.75) is 11.4 Å². The number of benzene rings is 2. The van der Waals surface area contributed by atoms with Crippen LogP contribution in [-0.4, -0.2) is 22.4 Å². The van der Waals surface area contributed by atoms with Gasteiger partial charge in [-0.3, -0.25) is 9.59 Å². The molecule has 0 bridgehead atoms. The number of carbonyl (C=O) groups is 1. The molecule has 2 N–H and O–H groups in total. The fourth-order valence-corrected chi connectivity index (χ4v) is 2.99. The summed E-state index contributed by atoms with van der Waals surface area (Å²) in [7, 11) is 0. The van der Waals surface area contributed by atoms with Gasteiger partial charge >= 0.3 is 0 Å². The fourth-order valence-electron chi connectivity index (χ4n) is 2.40. The van der Waals surface area contributed by atoms with Crippen LogP contribution in [0.4, 0.5) is 0 Å². The van der Waals surface area contributed by atoms with Crippen LogP contribution in [0.2, 0.25) is 0 Å². The van der Waals surface area contributed by atoms with E-state index in [-0.39, 0.29) is 18.0 Å². The molecule has 0 saturated heterocycles. The number of nitrogens with one attached hydrogen (secondary N) is 2. The Kier molecular flexibility index (Phi) is 4.43. The molecule has 0 aliphatic heterocycles. The summed E-state index contributed by atoms with van der Waals surface area (Å²) < 4.78 is 0. The summed E-state index contributed by atoms with van der Waals surface area (Å²) in [6.45, 7) is 0.249. The molecule has 3 rings (SSSR count). The van der Waals surface area contributed by atoms with E-state index in [0.717, 1.165) is 10.3 Å². The molecule has 0 atom stereocenters. The molecule has 0 radical (unpaired) electrons. The molecule has 0 aliphatic rings. The Morgan fingerprint density at radius 2 is 1.83 bits per heavy atom. The number of aromatic nitrogens is 2. The quantitative estimate of drug-likeness (QED) is 0.723. The zero-order valence-corrected chi connectivity index (χ0v) is 13.3. The van der Waals surface area contributed by atoms with Crippen molar-refractivity contribution >= 4 is 28.4 Å². The lowest BCUT2D eigenvalue weighted by Gasteiger charge is -2.09. The average Bonchev–Trinajstić information content (AvgIpc) is 2.61. The second-order valence-electron chi connectivity index (χ2n) is 4.93. The third-order valence-electron chi connectivity index (χ3n) is 3.54. The molecule has 116 valence electrons. The third-order valence-corrected chi connectivity index (χ3v) is 4.34. The normalized spacial score (nSPS) is 10.7. The second kappa shape index (κ2) is 6.66. The van der Waals surface area contributed by atoms with Gasteiger partial charge in [0.05, 0.1) is 23.2 Å². The smallest absolute Gasteiger partial charge is 0.272 e. The number of hydrogen-bond acceptors (Lipinski definition) is 4. The molecule has 6 heteroatoms. The molecule has 23 heavy (non-hydrogen) atoms. The first-order valence-corrected chi connectivity index (χ1v) is 8.30. The molecule has 3 aromatic rings. The summed E-state index contributed by atoms with van der Waals surface area (Å²) in [5.74, 6) is -0.160. The van der Waals surface area contributed by atoms with E-state index >= 15 is 0 Å². The van der Waals surface area contributed by atoms with Crippen molar-refractivity contribution in [2.75, 3.05) is 6.26 Å². The Labute approximate surface area is 137 Å². The van der Waals surface area contributed by atoms with Crippen molar-refractivity contribution in [1.82, 2.24) is 15.5 Å². The van der Waals surface area contributed by atoms with Gasteiger partial charge in [-0.05, 0) is 24.5 Å². The lowest BCUT2D eigenvalue weighted by atomic mass is 10.1. The van der Waals surface area contributed by atoms with Crippen LogP contribution >= 0.6 is 11.8 Å². The molecule has 0 fully saturated rings. The maximum atomic E-state index is 12.4. The molecule has 0 spiro atoms. The zero-order valence-electron chi connectivity index (χ0n) is 12.5. The third kappa shape index (κ3) is 3.12. The van der Waals surface area contributed by atoms with E-state index in [1.807, 2.05) is 36.6 Å². The Hall–Kier alpha value is -2.60. The van der Waals surface area contributed by atoms with Gasteiger partial charge < -0.3 is 5.32 Å². The van der Waals surface area contributed by atoms with Crippen molar-refractivity contribution in [1.29, 1.82) is 0 Å². The van der Waals surface area contributed by atoms with Crippen LogP contribution in [0.1, 0.15) is 16.1 Å². The summed E-state index contributed by atoms with van der Waals surface area (Å²) in [5, 5.41) is 10.7. The Balaban J connectivity index is 1.85. The van der Waals surface area contributed by atoms with Crippen LogP contribution in [0, 0.1) is 0 Å². The summed E-state index contributed by atoms with van der Waals surface area (Å²) in [6.07, 6.45) is 1.93. The SMILES string of the molecule is CSc1ccccc1C(=O)NCc1n[nH]c(=O)c2ccccc12.